The Morgan fingerprint density at radius 2 is 2.18 bits per heavy atom. The molecule has 0 fully saturated rings. The molecule has 4 heteroatoms. The molecule has 2 heterocycles. The third kappa shape index (κ3) is 2.69. The third-order valence-electron chi connectivity index (χ3n) is 3.50. The fourth-order valence-corrected chi connectivity index (χ4v) is 2.56. The van der Waals surface area contributed by atoms with Crippen LogP contribution in [0.5, 0.6) is 0 Å². The van der Waals surface area contributed by atoms with E-state index in [0.717, 1.165) is 10.7 Å². The van der Waals surface area contributed by atoms with Gasteiger partial charge < -0.3 is 5.11 Å². The summed E-state index contributed by atoms with van der Waals surface area (Å²) in [7, 11) is 0. The summed E-state index contributed by atoms with van der Waals surface area (Å²) in [5.41, 5.74) is 1.09. The first kappa shape index (κ1) is 12.6. The lowest BCUT2D eigenvalue weighted by atomic mass is 9.77. The Balaban J connectivity index is 2.08. The molecule has 2 rings (SSSR count). The number of hydrogen-bond acceptors (Lipinski definition) is 3. The molecule has 0 aromatic carbocycles. The lowest BCUT2D eigenvalue weighted by Crippen LogP contribution is -2.31. The van der Waals surface area contributed by atoms with E-state index in [-0.39, 0.29) is 17.4 Å². The maximum Gasteiger partial charge on any atom is 0.193 e. The number of hydrogen-bond donors (Lipinski definition) is 1. The first-order valence-corrected chi connectivity index (χ1v) is 6.85. The van der Waals surface area contributed by atoms with E-state index in [9.17, 15) is 5.11 Å². The highest BCUT2D eigenvalue weighted by Crippen LogP contribution is 2.29. The van der Waals surface area contributed by atoms with Gasteiger partial charge in [-0.3, -0.25) is 4.40 Å². The van der Waals surface area contributed by atoms with Gasteiger partial charge in [-0.2, -0.15) is 0 Å². The van der Waals surface area contributed by atoms with E-state index in [4.69, 9.17) is 0 Å². The predicted octanol–water partition coefficient (Wildman–Crippen LogP) is 2.98. The summed E-state index contributed by atoms with van der Waals surface area (Å²) < 4.78 is 2.01. The van der Waals surface area contributed by atoms with Crippen molar-refractivity contribution < 1.29 is 5.11 Å². The van der Waals surface area contributed by atoms with Crippen LogP contribution < -0.4 is 0 Å². The Labute approximate surface area is 106 Å². The van der Waals surface area contributed by atoms with Gasteiger partial charge in [0.15, 0.2) is 4.96 Å². The van der Waals surface area contributed by atoms with Crippen LogP contribution in [0, 0.1) is 11.3 Å². The van der Waals surface area contributed by atoms with Crippen LogP contribution in [0.2, 0.25) is 0 Å². The lowest BCUT2D eigenvalue weighted by Gasteiger charge is -2.31. The number of aliphatic hydroxyl groups is 1. The molecular weight excluding hydrogens is 232 g/mol. The van der Waals surface area contributed by atoms with Crippen LogP contribution in [-0.4, -0.2) is 20.6 Å². The number of imidazole rings is 1. The van der Waals surface area contributed by atoms with E-state index in [2.05, 4.69) is 32.7 Å². The van der Waals surface area contributed by atoms with Gasteiger partial charge in [0.1, 0.15) is 0 Å². The van der Waals surface area contributed by atoms with E-state index in [1.807, 2.05) is 22.2 Å². The van der Waals surface area contributed by atoms with Gasteiger partial charge in [-0.25, -0.2) is 4.98 Å². The van der Waals surface area contributed by atoms with E-state index in [1.54, 1.807) is 11.3 Å². The molecule has 0 aliphatic rings. The zero-order valence-electron chi connectivity index (χ0n) is 10.8. The summed E-state index contributed by atoms with van der Waals surface area (Å²) in [6.45, 7) is 8.58. The quantitative estimate of drug-likeness (QED) is 0.912. The Kier molecular flexibility index (Phi) is 3.27. The third-order valence-corrected chi connectivity index (χ3v) is 4.28. The Bertz CT molecular complexity index is 466. The normalized spacial score (nSPS) is 16.3. The number of aromatic nitrogens is 2. The van der Waals surface area contributed by atoms with Gasteiger partial charge in [-0.1, -0.05) is 27.7 Å². The fraction of sp³-hybridized carbons (Fsp3) is 0.615. The van der Waals surface area contributed by atoms with Crippen molar-refractivity contribution in [2.24, 2.45) is 11.3 Å². The second kappa shape index (κ2) is 4.42. The minimum Gasteiger partial charge on any atom is -0.392 e. The van der Waals surface area contributed by atoms with Gasteiger partial charge in [0, 0.05) is 24.2 Å². The highest BCUT2D eigenvalue weighted by atomic mass is 32.1. The van der Waals surface area contributed by atoms with Crippen molar-refractivity contribution >= 4 is 16.3 Å². The number of aliphatic hydroxyl groups excluding tert-OH is 1. The maximum atomic E-state index is 10.2. The van der Waals surface area contributed by atoms with Gasteiger partial charge in [-0.15, -0.1) is 11.3 Å². The lowest BCUT2D eigenvalue weighted by molar-refractivity contribution is 0.0540. The maximum absolute atomic E-state index is 10.2. The summed E-state index contributed by atoms with van der Waals surface area (Å²) in [6, 6.07) is 0. The zero-order valence-corrected chi connectivity index (χ0v) is 11.7. The minimum atomic E-state index is -0.334. The van der Waals surface area contributed by atoms with E-state index < -0.39 is 0 Å². The highest BCUT2D eigenvalue weighted by Gasteiger charge is 2.27. The molecule has 0 radical (unpaired) electrons. The second-order valence-corrected chi connectivity index (χ2v) is 6.62. The van der Waals surface area contributed by atoms with Gasteiger partial charge in [0.05, 0.1) is 11.8 Å². The molecule has 2 unspecified atom stereocenters. The molecule has 17 heavy (non-hydrogen) atoms. The van der Waals surface area contributed by atoms with E-state index >= 15 is 0 Å². The average molecular weight is 252 g/mol. The van der Waals surface area contributed by atoms with Gasteiger partial charge in [0.25, 0.3) is 0 Å². The number of nitrogens with zero attached hydrogens (tertiary/aromatic N) is 2. The molecule has 0 aliphatic heterocycles. The zero-order chi connectivity index (χ0) is 12.6. The molecular formula is C13H20N2OS. The van der Waals surface area contributed by atoms with Crippen LogP contribution in [-0.2, 0) is 6.42 Å². The average Bonchev–Trinajstić information content (AvgIpc) is 2.74. The predicted molar refractivity (Wildman–Crippen MR) is 71.4 cm³/mol. The molecule has 0 aliphatic carbocycles. The molecule has 0 bridgehead atoms. The summed E-state index contributed by atoms with van der Waals surface area (Å²) in [5, 5.41) is 12.2. The van der Waals surface area contributed by atoms with Crippen molar-refractivity contribution in [2.75, 3.05) is 0 Å². The molecule has 1 N–H and O–H groups in total. The molecule has 0 saturated heterocycles. The monoisotopic (exact) mass is 252 g/mol. The molecule has 3 nitrogen and oxygen atoms in total. The van der Waals surface area contributed by atoms with Crippen LogP contribution in [0.4, 0.5) is 0 Å². The number of thiazole rings is 1. The van der Waals surface area contributed by atoms with Gasteiger partial charge in [0.2, 0.25) is 0 Å². The van der Waals surface area contributed by atoms with Crippen molar-refractivity contribution in [1.82, 2.24) is 9.38 Å². The van der Waals surface area contributed by atoms with Crippen molar-refractivity contribution in [3.05, 3.63) is 23.5 Å². The van der Waals surface area contributed by atoms with Crippen LogP contribution in [0.3, 0.4) is 0 Å². The first-order chi connectivity index (χ1) is 7.88. The molecule has 0 amide bonds. The van der Waals surface area contributed by atoms with E-state index in [1.165, 1.54) is 0 Å². The van der Waals surface area contributed by atoms with Crippen molar-refractivity contribution in [3.8, 4) is 0 Å². The van der Waals surface area contributed by atoms with Crippen molar-refractivity contribution in [1.29, 1.82) is 0 Å². The van der Waals surface area contributed by atoms with Crippen molar-refractivity contribution in [2.45, 2.75) is 40.2 Å². The largest absolute Gasteiger partial charge is 0.392 e. The smallest absolute Gasteiger partial charge is 0.193 e. The molecule has 0 saturated carbocycles. The van der Waals surface area contributed by atoms with Gasteiger partial charge >= 0.3 is 0 Å². The standard InChI is InChI=1S/C13H20N2OS/c1-9(13(2,3)4)11(16)7-10-8-15-5-6-17-12(15)14-10/h5-6,8-9,11,16H,7H2,1-4H3. The topological polar surface area (TPSA) is 37.5 Å². The highest BCUT2D eigenvalue weighted by molar-refractivity contribution is 7.15. The number of fused-ring (bicyclic) bond motifs is 1. The van der Waals surface area contributed by atoms with Crippen molar-refractivity contribution in [3.63, 3.8) is 0 Å². The van der Waals surface area contributed by atoms with Crippen LogP contribution in [0.25, 0.3) is 4.96 Å². The molecule has 0 spiro atoms. The summed E-state index contributed by atoms with van der Waals surface area (Å²) >= 11 is 1.62. The molecule has 94 valence electrons. The van der Waals surface area contributed by atoms with E-state index in [0.29, 0.717) is 6.42 Å². The summed E-state index contributed by atoms with van der Waals surface area (Å²) in [6.07, 6.45) is 4.30. The molecule has 2 atom stereocenters. The second-order valence-electron chi connectivity index (χ2n) is 5.75. The molecule has 2 aromatic heterocycles. The Morgan fingerprint density at radius 1 is 1.47 bits per heavy atom. The fourth-order valence-electron chi connectivity index (χ4n) is 1.84. The van der Waals surface area contributed by atoms with Crippen LogP contribution >= 0.6 is 11.3 Å². The summed E-state index contributed by atoms with van der Waals surface area (Å²) in [5.74, 6) is 0.252. The Hall–Kier alpha value is -0.870. The molecule has 2 aromatic rings. The van der Waals surface area contributed by atoms with Crippen LogP contribution in [0.15, 0.2) is 17.8 Å². The Morgan fingerprint density at radius 3 is 2.76 bits per heavy atom. The first-order valence-electron chi connectivity index (χ1n) is 5.97. The van der Waals surface area contributed by atoms with Gasteiger partial charge in [-0.05, 0) is 11.3 Å². The minimum absolute atomic E-state index is 0.122. The summed E-state index contributed by atoms with van der Waals surface area (Å²) in [4.78, 5) is 5.49. The SMILES string of the molecule is CC(C(O)Cc1cn2ccsc2n1)C(C)(C)C. The van der Waals surface area contributed by atoms with Crippen LogP contribution in [0.1, 0.15) is 33.4 Å². The number of rotatable bonds is 3.